The van der Waals surface area contributed by atoms with Gasteiger partial charge in [-0.25, -0.2) is 4.79 Å². The molecule has 0 unspecified atom stereocenters. The highest BCUT2D eigenvalue weighted by atomic mass is 35.5. The molecule has 7 heteroatoms. The summed E-state index contributed by atoms with van der Waals surface area (Å²) in [4.78, 5) is 37.9. The standard InChI is InChI=1S/C14H15ClN2O4/c1-9(18)16-6-7-17(12(8-16)14(20)21)13(19)10-2-4-11(15)5-3-10/h2-5,12H,6-8H2,1H3,(H,20,21)/t12-/m0/s1. The molecule has 1 N–H and O–H groups in total. The van der Waals surface area contributed by atoms with Gasteiger partial charge in [-0.05, 0) is 24.3 Å². The Kier molecular flexibility index (Phi) is 4.47. The Morgan fingerprint density at radius 3 is 2.33 bits per heavy atom. The average Bonchev–Trinajstić information content (AvgIpc) is 2.46. The number of aliphatic carboxylic acids is 1. The van der Waals surface area contributed by atoms with E-state index in [0.29, 0.717) is 17.1 Å². The quantitative estimate of drug-likeness (QED) is 0.887. The first-order chi connectivity index (χ1) is 9.90. The van der Waals surface area contributed by atoms with Crippen LogP contribution in [-0.2, 0) is 9.59 Å². The van der Waals surface area contributed by atoms with E-state index in [1.54, 1.807) is 24.3 Å². The topological polar surface area (TPSA) is 77.9 Å². The van der Waals surface area contributed by atoms with Crippen molar-refractivity contribution in [2.75, 3.05) is 19.6 Å². The summed E-state index contributed by atoms with van der Waals surface area (Å²) in [6.07, 6.45) is 0. The average molecular weight is 311 g/mol. The summed E-state index contributed by atoms with van der Waals surface area (Å²) in [6.45, 7) is 1.91. The molecule has 0 saturated carbocycles. The van der Waals surface area contributed by atoms with Crippen LogP contribution >= 0.6 is 11.6 Å². The van der Waals surface area contributed by atoms with Gasteiger partial charge in [-0.2, -0.15) is 0 Å². The van der Waals surface area contributed by atoms with Crippen LogP contribution in [0.2, 0.25) is 5.02 Å². The van der Waals surface area contributed by atoms with Crippen LogP contribution in [0.3, 0.4) is 0 Å². The molecule has 112 valence electrons. The highest BCUT2D eigenvalue weighted by Crippen LogP contribution is 2.17. The summed E-state index contributed by atoms with van der Waals surface area (Å²) in [5.74, 6) is -1.69. The van der Waals surface area contributed by atoms with Crippen LogP contribution in [0.15, 0.2) is 24.3 Å². The summed E-state index contributed by atoms with van der Waals surface area (Å²) in [5, 5.41) is 9.80. The fourth-order valence-electron chi connectivity index (χ4n) is 2.28. The molecule has 1 fully saturated rings. The fraction of sp³-hybridized carbons (Fsp3) is 0.357. The van der Waals surface area contributed by atoms with E-state index in [2.05, 4.69) is 0 Å². The van der Waals surface area contributed by atoms with Crippen LogP contribution in [0, 0.1) is 0 Å². The number of carbonyl (C=O) groups is 3. The Labute approximate surface area is 126 Å². The number of benzene rings is 1. The predicted molar refractivity (Wildman–Crippen MR) is 76.2 cm³/mol. The number of carbonyl (C=O) groups excluding carboxylic acids is 2. The van der Waals surface area contributed by atoms with Gasteiger partial charge in [0, 0.05) is 30.6 Å². The molecule has 0 aromatic heterocycles. The van der Waals surface area contributed by atoms with Gasteiger partial charge in [0.1, 0.15) is 6.04 Å². The molecule has 21 heavy (non-hydrogen) atoms. The van der Waals surface area contributed by atoms with E-state index in [1.807, 2.05) is 0 Å². The van der Waals surface area contributed by atoms with E-state index in [9.17, 15) is 19.5 Å². The molecule has 1 aromatic carbocycles. The van der Waals surface area contributed by atoms with Crippen LogP contribution in [0.25, 0.3) is 0 Å². The third kappa shape index (κ3) is 3.33. The van der Waals surface area contributed by atoms with Gasteiger partial charge in [0.25, 0.3) is 5.91 Å². The Bertz CT molecular complexity index is 573. The number of amides is 2. The number of nitrogens with zero attached hydrogens (tertiary/aromatic N) is 2. The molecular weight excluding hydrogens is 296 g/mol. The van der Waals surface area contributed by atoms with Crippen LogP contribution in [0.4, 0.5) is 0 Å². The molecule has 0 aliphatic carbocycles. The van der Waals surface area contributed by atoms with E-state index in [1.165, 1.54) is 16.7 Å². The van der Waals surface area contributed by atoms with E-state index >= 15 is 0 Å². The lowest BCUT2D eigenvalue weighted by Crippen LogP contribution is -2.59. The van der Waals surface area contributed by atoms with Gasteiger partial charge in [0.05, 0.1) is 6.54 Å². The summed E-state index contributed by atoms with van der Waals surface area (Å²) in [6, 6.07) is 5.24. The smallest absolute Gasteiger partial charge is 0.328 e. The number of hydrogen-bond acceptors (Lipinski definition) is 3. The molecule has 1 atom stereocenters. The molecule has 2 rings (SSSR count). The second kappa shape index (κ2) is 6.13. The van der Waals surface area contributed by atoms with Crippen molar-refractivity contribution >= 4 is 29.4 Å². The maximum atomic E-state index is 12.4. The summed E-state index contributed by atoms with van der Waals surface area (Å²) in [5.41, 5.74) is 0.377. The van der Waals surface area contributed by atoms with E-state index < -0.39 is 12.0 Å². The summed E-state index contributed by atoms with van der Waals surface area (Å²) >= 11 is 5.77. The van der Waals surface area contributed by atoms with Crippen molar-refractivity contribution < 1.29 is 19.5 Å². The minimum Gasteiger partial charge on any atom is -0.480 e. The van der Waals surface area contributed by atoms with Crippen LogP contribution in [-0.4, -0.2) is 58.4 Å². The predicted octanol–water partition coefficient (Wildman–Crippen LogP) is 1.10. The zero-order valence-electron chi connectivity index (χ0n) is 11.5. The minimum atomic E-state index is -1.12. The van der Waals surface area contributed by atoms with Crippen LogP contribution in [0.1, 0.15) is 17.3 Å². The van der Waals surface area contributed by atoms with Crippen molar-refractivity contribution in [1.82, 2.24) is 9.80 Å². The van der Waals surface area contributed by atoms with E-state index in [-0.39, 0.29) is 24.9 Å². The van der Waals surface area contributed by atoms with Crippen LogP contribution in [0.5, 0.6) is 0 Å². The second-order valence-electron chi connectivity index (χ2n) is 4.82. The normalized spacial score (nSPS) is 18.5. The molecule has 1 heterocycles. The monoisotopic (exact) mass is 310 g/mol. The van der Waals surface area contributed by atoms with Gasteiger partial charge < -0.3 is 14.9 Å². The third-order valence-electron chi connectivity index (χ3n) is 3.46. The van der Waals surface area contributed by atoms with Crippen molar-refractivity contribution in [3.63, 3.8) is 0 Å². The molecule has 0 bridgehead atoms. The van der Waals surface area contributed by atoms with Crippen molar-refractivity contribution in [2.45, 2.75) is 13.0 Å². The van der Waals surface area contributed by atoms with E-state index in [4.69, 9.17) is 11.6 Å². The van der Waals surface area contributed by atoms with Crippen LogP contribution < -0.4 is 0 Å². The molecule has 6 nitrogen and oxygen atoms in total. The molecule has 0 spiro atoms. The maximum absolute atomic E-state index is 12.4. The molecule has 1 aromatic rings. The summed E-state index contributed by atoms with van der Waals surface area (Å²) < 4.78 is 0. The largest absolute Gasteiger partial charge is 0.480 e. The number of hydrogen-bond donors (Lipinski definition) is 1. The minimum absolute atomic E-state index is 0.00396. The zero-order valence-corrected chi connectivity index (χ0v) is 12.2. The first-order valence-electron chi connectivity index (χ1n) is 6.45. The van der Waals surface area contributed by atoms with Gasteiger partial charge >= 0.3 is 5.97 Å². The second-order valence-corrected chi connectivity index (χ2v) is 5.26. The Morgan fingerprint density at radius 1 is 1.19 bits per heavy atom. The fourth-order valence-corrected chi connectivity index (χ4v) is 2.41. The Morgan fingerprint density at radius 2 is 1.81 bits per heavy atom. The lowest BCUT2D eigenvalue weighted by atomic mass is 10.1. The van der Waals surface area contributed by atoms with Gasteiger partial charge in [0.2, 0.25) is 5.91 Å². The lowest BCUT2D eigenvalue weighted by Gasteiger charge is -2.39. The Hall–Kier alpha value is -2.08. The molecule has 1 aliphatic heterocycles. The van der Waals surface area contributed by atoms with Crippen molar-refractivity contribution in [2.24, 2.45) is 0 Å². The number of carboxylic acid groups (broad SMARTS) is 1. The van der Waals surface area contributed by atoms with Gasteiger partial charge in [-0.1, -0.05) is 11.6 Å². The molecular formula is C14H15ClN2O4. The third-order valence-corrected chi connectivity index (χ3v) is 3.71. The SMILES string of the molecule is CC(=O)N1CCN(C(=O)c2ccc(Cl)cc2)[C@H](C(=O)O)C1. The van der Waals surface area contributed by atoms with Gasteiger partial charge in [0.15, 0.2) is 0 Å². The zero-order chi connectivity index (χ0) is 15.6. The number of carboxylic acids is 1. The molecule has 0 radical (unpaired) electrons. The highest BCUT2D eigenvalue weighted by molar-refractivity contribution is 6.30. The van der Waals surface area contributed by atoms with Gasteiger partial charge in [-0.15, -0.1) is 0 Å². The first-order valence-corrected chi connectivity index (χ1v) is 6.83. The lowest BCUT2D eigenvalue weighted by molar-refractivity contribution is -0.146. The molecule has 2 amide bonds. The number of halogens is 1. The van der Waals surface area contributed by atoms with Crippen molar-refractivity contribution in [1.29, 1.82) is 0 Å². The van der Waals surface area contributed by atoms with Gasteiger partial charge in [-0.3, -0.25) is 9.59 Å². The molecule has 1 saturated heterocycles. The number of piperazine rings is 1. The summed E-state index contributed by atoms with van der Waals surface area (Å²) in [7, 11) is 0. The first kappa shape index (κ1) is 15.3. The van der Waals surface area contributed by atoms with E-state index in [0.717, 1.165) is 0 Å². The highest BCUT2D eigenvalue weighted by Gasteiger charge is 2.36. The van der Waals surface area contributed by atoms with Crippen molar-refractivity contribution in [3.05, 3.63) is 34.9 Å². The molecule has 1 aliphatic rings. The van der Waals surface area contributed by atoms with Crippen molar-refractivity contribution in [3.8, 4) is 0 Å². The number of rotatable bonds is 2. The maximum Gasteiger partial charge on any atom is 0.328 e. The Balaban J connectivity index is 2.21.